The molecule has 2 aromatic carbocycles. The number of hydrogen-bond donors (Lipinski definition) is 3. The molecule has 0 aromatic heterocycles. The Bertz CT molecular complexity index is 945. The lowest BCUT2D eigenvalue weighted by molar-refractivity contribution is -0.0829. The Hall–Kier alpha value is -1.86. The molecule has 2 atom stereocenters. The minimum absolute atomic E-state index is 0.136. The number of hydrogen-bond acceptors (Lipinski definition) is 9. The van der Waals surface area contributed by atoms with E-state index >= 15 is 0 Å². The number of aliphatic hydroxyl groups is 3. The second-order valence-electron chi connectivity index (χ2n) is 6.73. The third-order valence-corrected chi connectivity index (χ3v) is 6.79. The molecular formula is C19H24O9S2. The van der Waals surface area contributed by atoms with E-state index in [0.717, 1.165) is 11.1 Å². The number of aryl methyl sites for hydroxylation is 2. The van der Waals surface area contributed by atoms with E-state index in [4.69, 9.17) is 8.37 Å². The number of rotatable bonds is 10. The third-order valence-electron chi connectivity index (χ3n) is 4.20. The molecule has 30 heavy (non-hydrogen) atoms. The van der Waals surface area contributed by atoms with Gasteiger partial charge in [-0.15, -0.1) is 0 Å². The van der Waals surface area contributed by atoms with Gasteiger partial charge in [0.1, 0.15) is 18.3 Å². The van der Waals surface area contributed by atoms with Crippen LogP contribution in [0.15, 0.2) is 58.3 Å². The van der Waals surface area contributed by atoms with Gasteiger partial charge >= 0.3 is 0 Å². The van der Waals surface area contributed by atoms with Crippen LogP contribution in [0.2, 0.25) is 0 Å². The van der Waals surface area contributed by atoms with Crippen molar-refractivity contribution in [3.05, 3.63) is 59.7 Å². The molecule has 9 nitrogen and oxygen atoms in total. The molecule has 166 valence electrons. The van der Waals surface area contributed by atoms with Gasteiger partial charge in [0, 0.05) is 0 Å². The van der Waals surface area contributed by atoms with Gasteiger partial charge in [0.05, 0.1) is 23.0 Å². The molecule has 3 N–H and O–H groups in total. The predicted molar refractivity (Wildman–Crippen MR) is 107 cm³/mol. The monoisotopic (exact) mass is 460 g/mol. The predicted octanol–water partition coefficient (Wildman–Crippen LogP) is 0.497. The first-order valence-electron chi connectivity index (χ1n) is 8.89. The Labute approximate surface area is 175 Å². The first-order valence-corrected chi connectivity index (χ1v) is 11.7. The second-order valence-corrected chi connectivity index (χ2v) is 9.96. The molecule has 11 heteroatoms. The largest absolute Gasteiger partial charge is 0.388 e. The molecule has 0 aliphatic carbocycles. The van der Waals surface area contributed by atoms with Crippen molar-refractivity contribution < 1.29 is 40.5 Å². The molecule has 0 fully saturated rings. The molecule has 0 radical (unpaired) electrons. The van der Waals surface area contributed by atoms with Gasteiger partial charge in [-0.1, -0.05) is 35.4 Å². The minimum Gasteiger partial charge on any atom is -0.388 e. The topological polar surface area (TPSA) is 147 Å². The summed E-state index contributed by atoms with van der Waals surface area (Å²) in [5.74, 6) is 0. The van der Waals surface area contributed by atoms with Gasteiger partial charge in [0.2, 0.25) is 0 Å². The van der Waals surface area contributed by atoms with Crippen LogP contribution in [0.4, 0.5) is 0 Å². The van der Waals surface area contributed by atoms with Gasteiger partial charge in [-0.2, -0.15) is 16.8 Å². The molecule has 0 aliphatic heterocycles. The van der Waals surface area contributed by atoms with Crippen molar-refractivity contribution in [2.75, 3.05) is 13.2 Å². The van der Waals surface area contributed by atoms with Gasteiger partial charge < -0.3 is 15.3 Å². The van der Waals surface area contributed by atoms with Crippen molar-refractivity contribution in [3.63, 3.8) is 0 Å². The van der Waals surface area contributed by atoms with Crippen LogP contribution in [0.25, 0.3) is 0 Å². The van der Waals surface area contributed by atoms with Crippen molar-refractivity contribution >= 4 is 20.2 Å². The van der Waals surface area contributed by atoms with E-state index in [-0.39, 0.29) is 9.79 Å². The maximum absolute atomic E-state index is 12.1. The second kappa shape index (κ2) is 9.96. The van der Waals surface area contributed by atoms with Crippen LogP contribution < -0.4 is 0 Å². The molecule has 0 aliphatic rings. The van der Waals surface area contributed by atoms with Crippen LogP contribution in [0.3, 0.4) is 0 Å². The molecular weight excluding hydrogens is 436 g/mol. The summed E-state index contributed by atoms with van der Waals surface area (Å²) >= 11 is 0. The highest BCUT2D eigenvalue weighted by molar-refractivity contribution is 7.87. The highest BCUT2D eigenvalue weighted by Crippen LogP contribution is 2.16. The van der Waals surface area contributed by atoms with Crippen molar-refractivity contribution in [1.29, 1.82) is 0 Å². The zero-order valence-corrected chi connectivity index (χ0v) is 18.0. The molecule has 2 unspecified atom stereocenters. The van der Waals surface area contributed by atoms with Crippen LogP contribution in [-0.4, -0.2) is 63.7 Å². The highest BCUT2D eigenvalue weighted by atomic mass is 32.2. The SMILES string of the molecule is Cc1ccc(S(=O)(=O)OCC(O)C(O)C(O)COS(=O)(=O)c2ccc(C)cc2)cc1. The van der Waals surface area contributed by atoms with E-state index in [1.54, 1.807) is 38.1 Å². The molecule has 0 saturated heterocycles. The highest BCUT2D eigenvalue weighted by Gasteiger charge is 2.29. The van der Waals surface area contributed by atoms with E-state index in [1.807, 2.05) is 0 Å². The zero-order chi connectivity index (χ0) is 22.5. The quantitative estimate of drug-likeness (QED) is 0.431. The Morgan fingerprint density at radius 1 is 0.667 bits per heavy atom. The van der Waals surface area contributed by atoms with Crippen molar-refractivity contribution in [1.82, 2.24) is 0 Å². The summed E-state index contributed by atoms with van der Waals surface area (Å²) < 4.78 is 57.8. The summed E-state index contributed by atoms with van der Waals surface area (Å²) in [6.45, 7) is 1.86. The Morgan fingerprint density at radius 2 is 0.967 bits per heavy atom. The maximum Gasteiger partial charge on any atom is 0.297 e. The Kier molecular flexibility index (Phi) is 8.11. The fraction of sp³-hybridized carbons (Fsp3) is 0.368. The zero-order valence-electron chi connectivity index (χ0n) is 16.4. The smallest absolute Gasteiger partial charge is 0.297 e. The fourth-order valence-corrected chi connectivity index (χ4v) is 4.17. The molecule has 0 amide bonds. The van der Waals surface area contributed by atoms with Crippen LogP contribution in [0, 0.1) is 13.8 Å². The Balaban J connectivity index is 1.91. The van der Waals surface area contributed by atoms with E-state index < -0.39 is 51.8 Å². The molecule has 2 aromatic rings. The summed E-state index contributed by atoms with van der Waals surface area (Å²) in [6.07, 6.45) is -5.54. The van der Waals surface area contributed by atoms with Crippen LogP contribution >= 0.6 is 0 Å². The third kappa shape index (κ3) is 6.57. The van der Waals surface area contributed by atoms with E-state index in [1.165, 1.54) is 24.3 Å². The van der Waals surface area contributed by atoms with Gasteiger partial charge in [-0.05, 0) is 38.1 Å². The average molecular weight is 461 g/mol. The summed E-state index contributed by atoms with van der Waals surface area (Å²) in [5.41, 5.74) is 1.68. The first kappa shape index (κ1) is 24.4. The summed E-state index contributed by atoms with van der Waals surface area (Å²) in [6, 6.07) is 11.6. The first-order chi connectivity index (χ1) is 13.9. The number of aliphatic hydroxyl groups excluding tert-OH is 3. The van der Waals surface area contributed by atoms with Gasteiger partial charge in [0.15, 0.2) is 0 Å². The normalized spacial score (nSPS) is 15.5. The molecule has 2 rings (SSSR count). The van der Waals surface area contributed by atoms with Crippen molar-refractivity contribution in [2.24, 2.45) is 0 Å². The van der Waals surface area contributed by atoms with E-state index in [2.05, 4.69) is 0 Å². The van der Waals surface area contributed by atoms with Crippen molar-refractivity contribution in [2.45, 2.75) is 42.0 Å². The lowest BCUT2D eigenvalue weighted by Crippen LogP contribution is -2.43. The molecule has 0 bridgehead atoms. The van der Waals surface area contributed by atoms with E-state index in [0.29, 0.717) is 0 Å². The molecule has 0 spiro atoms. The summed E-state index contributed by atoms with van der Waals surface area (Å²) in [4.78, 5) is -0.272. The minimum atomic E-state index is -4.19. The average Bonchev–Trinajstić information content (AvgIpc) is 2.70. The van der Waals surface area contributed by atoms with Crippen molar-refractivity contribution in [3.8, 4) is 0 Å². The van der Waals surface area contributed by atoms with Crippen LogP contribution in [0.1, 0.15) is 11.1 Å². The number of benzene rings is 2. The van der Waals surface area contributed by atoms with E-state index in [9.17, 15) is 32.2 Å². The standard InChI is InChI=1S/C19H24O9S2/c1-13-3-7-15(8-4-13)29(23,24)27-11-17(20)19(22)18(21)12-28-30(25,26)16-9-5-14(2)6-10-16/h3-10,17-22H,11-12H2,1-2H3. The van der Waals surface area contributed by atoms with Gasteiger partial charge in [0.25, 0.3) is 20.2 Å². The summed E-state index contributed by atoms with van der Waals surface area (Å²) in [7, 11) is -8.37. The van der Waals surface area contributed by atoms with Gasteiger partial charge in [-0.25, -0.2) is 0 Å². The summed E-state index contributed by atoms with van der Waals surface area (Å²) in [5, 5.41) is 29.8. The van der Waals surface area contributed by atoms with Crippen LogP contribution in [0.5, 0.6) is 0 Å². The maximum atomic E-state index is 12.1. The fourth-order valence-electron chi connectivity index (χ4n) is 2.32. The lowest BCUT2D eigenvalue weighted by Gasteiger charge is -2.22. The molecule has 0 saturated carbocycles. The lowest BCUT2D eigenvalue weighted by atomic mass is 10.1. The van der Waals surface area contributed by atoms with Gasteiger partial charge in [-0.3, -0.25) is 8.37 Å². The Morgan fingerprint density at radius 3 is 1.27 bits per heavy atom. The molecule has 0 heterocycles. The van der Waals surface area contributed by atoms with Crippen LogP contribution in [-0.2, 0) is 28.6 Å².